The predicted octanol–water partition coefficient (Wildman–Crippen LogP) is 4.27. The molecular weight excluding hydrogens is 340 g/mol. The molecule has 1 aromatic heterocycles. The van der Waals surface area contributed by atoms with Crippen LogP contribution in [0.5, 0.6) is 0 Å². The Morgan fingerprint density at radius 2 is 1.96 bits per heavy atom. The van der Waals surface area contributed by atoms with E-state index >= 15 is 0 Å². The minimum atomic E-state index is 0.138. The average Bonchev–Trinajstić information content (AvgIpc) is 3.07. The number of hydrogen-bond donors (Lipinski definition) is 1. The maximum absolute atomic E-state index is 12.7. The van der Waals surface area contributed by atoms with E-state index in [-0.39, 0.29) is 5.91 Å². The summed E-state index contributed by atoms with van der Waals surface area (Å²) in [5.41, 5.74) is 2.78. The molecule has 1 saturated heterocycles. The molecule has 1 amide bonds. The van der Waals surface area contributed by atoms with Gasteiger partial charge in [0, 0.05) is 30.6 Å². The van der Waals surface area contributed by atoms with Crippen molar-refractivity contribution in [3.05, 3.63) is 57.3 Å². The molecule has 4 rings (SSSR count). The lowest BCUT2D eigenvalue weighted by Gasteiger charge is -2.32. The summed E-state index contributed by atoms with van der Waals surface area (Å²) in [5.74, 6) is 0.889. The highest BCUT2D eigenvalue weighted by Gasteiger charge is 2.24. The zero-order chi connectivity index (χ0) is 17.9. The number of rotatable bonds is 4. The van der Waals surface area contributed by atoms with Gasteiger partial charge in [-0.2, -0.15) is 0 Å². The second kappa shape index (κ2) is 7.93. The lowest BCUT2D eigenvalue weighted by molar-refractivity contribution is 0.0913. The molecule has 0 radical (unpaired) electrons. The predicted molar refractivity (Wildman–Crippen MR) is 108 cm³/mol. The van der Waals surface area contributed by atoms with Gasteiger partial charge in [-0.3, -0.25) is 9.69 Å². The SMILES string of the molecule is C[C@@H]1CCc2sc(C(=O)NC3CCN(Cc4ccccc4)CC3)cc2C1. The number of benzene rings is 1. The molecule has 1 fully saturated rings. The Morgan fingerprint density at radius 3 is 2.73 bits per heavy atom. The van der Waals surface area contributed by atoms with Crippen LogP contribution in [0, 0.1) is 5.92 Å². The molecule has 0 saturated carbocycles. The molecule has 2 aliphatic rings. The number of piperidine rings is 1. The number of nitrogens with one attached hydrogen (secondary N) is 1. The van der Waals surface area contributed by atoms with Crippen molar-refractivity contribution in [2.24, 2.45) is 5.92 Å². The van der Waals surface area contributed by atoms with Crippen molar-refractivity contribution >= 4 is 17.2 Å². The maximum atomic E-state index is 12.7. The van der Waals surface area contributed by atoms with E-state index in [4.69, 9.17) is 0 Å². The van der Waals surface area contributed by atoms with Crippen molar-refractivity contribution in [1.82, 2.24) is 10.2 Å². The van der Waals surface area contributed by atoms with Crippen LogP contribution in [-0.4, -0.2) is 29.9 Å². The molecule has 4 heteroatoms. The first-order valence-corrected chi connectivity index (χ1v) is 10.7. The molecule has 1 aliphatic heterocycles. The Balaban J connectivity index is 1.28. The number of aryl methyl sites for hydroxylation is 1. The van der Waals surface area contributed by atoms with E-state index in [1.54, 1.807) is 11.3 Å². The van der Waals surface area contributed by atoms with Crippen molar-refractivity contribution in [3.8, 4) is 0 Å². The second-order valence-electron chi connectivity index (χ2n) is 7.92. The van der Waals surface area contributed by atoms with Gasteiger partial charge in [0.15, 0.2) is 0 Å². The number of thiophene rings is 1. The van der Waals surface area contributed by atoms with Crippen molar-refractivity contribution in [2.75, 3.05) is 13.1 Å². The van der Waals surface area contributed by atoms with E-state index in [0.29, 0.717) is 6.04 Å². The van der Waals surface area contributed by atoms with Gasteiger partial charge in [-0.15, -0.1) is 11.3 Å². The third-order valence-electron chi connectivity index (χ3n) is 5.72. The summed E-state index contributed by atoms with van der Waals surface area (Å²) < 4.78 is 0. The highest BCUT2D eigenvalue weighted by atomic mass is 32.1. The van der Waals surface area contributed by atoms with Gasteiger partial charge >= 0.3 is 0 Å². The molecule has 1 N–H and O–H groups in total. The minimum absolute atomic E-state index is 0.138. The Morgan fingerprint density at radius 1 is 1.19 bits per heavy atom. The molecular formula is C22H28N2OS. The maximum Gasteiger partial charge on any atom is 0.261 e. The Labute approximate surface area is 160 Å². The quantitative estimate of drug-likeness (QED) is 0.874. The normalized spacial score (nSPS) is 21.3. The van der Waals surface area contributed by atoms with Crippen LogP contribution in [0.25, 0.3) is 0 Å². The molecule has 26 heavy (non-hydrogen) atoms. The molecule has 138 valence electrons. The van der Waals surface area contributed by atoms with Crippen LogP contribution in [0.3, 0.4) is 0 Å². The molecule has 3 nitrogen and oxygen atoms in total. The van der Waals surface area contributed by atoms with E-state index in [2.05, 4.69) is 53.5 Å². The zero-order valence-corrected chi connectivity index (χ0v) is 16.4. The Bertz CT molecular complexity index is 747. The highest BCUT2D eigenvalue weighted by molar-refractivity contribution is 7.14. The van der Waals surface area contributed by atoms with Crippen LogP contribution in [0.1, 0.15) is 51.9 Å². The van der Waals surface area contributed by atoms with Gasteiger partial charge in [0.05, 0.1) is 4.88 Å². The Hall–Kier alpha value is -1.65. The van der Waals surface area contributed by atoms with E-state index in [9.17, 15) is 4.79 Å². The number of fused-ring (bicyclic) bond motifs is 1. The molecule has 1 aromatic carbocycles. The summed E-state index contributed by atoms with van der Waals surface area (Å²) in [5, 5.41) is 3.28. The van der Waals surface area contributed by atoms with E-state index in [0.717, 1.165) is 56.1 Å². The van der Waals surface area contributed by atoms with Crippen LogP contribution < -0.4 is 5.32 Å². The van der Waals surface area contributed by atoms with Crippen molar-refractivity contribution in [1.29, 1.82) is 0 Å². The van der Waals surface area contributed by atoms with Crippen LogP contribution in [0.4, 0.5) is 0 Å². The number of likely N-dealkylation sites (tertiary alicyclic amines) is 1. The number of amides is 1. The fourth-order valence-corrected chi connectivity index (χ4v) is 5.26. The zero-order valence-electron chi connectivity index (χ0n) is 15.5. The van der Waals surface area contributed by atoms with Crippen LogP contribution in [0.2, 0.25) is 0 Å². The first-order valence-electron chi connectivity index (χ1n) is 9.86. The first-order chi connectivity index (χ1) is 12.7. The molecule has 0 spiro atoms. The van der Waals surface area contributed by atoms with Crippen LogP contribution in [0.15, 0.2) is 36.4 Å². The monoisotopic (exact) mass is 368 g/mol. The third kappa shape index (κ3) is 4.18. The fourth-order valence-electron chi connectivity index (χ4n) is 4.15. The molecule has 2 heterocycles. The van der Waals surface area contributed by atoms with E-state index in [1.165, 1.54) is 22.4 Å². The summed E-state index contributed by atoms with van der Waals surface area (Å²) in [6.45, 7) is 5.43. The third-order valence-corrected chi connectivity index (χ3v) is 6.96. The summed E-state index contributed by atoms with van der Waals surface area (Å²) in [6, 6.07) is 13.1. The number of nitrogens with zero attached hydrogens (tertiary/aromatic N) is 1. The molecule has 0 bridgehead atoms. The van der Waals surface area contributed by atoms with E-state index < -0.39 is 0 Å². The molecule has 0 unspecified atom stereocenters. The summed E-state index contributed by atoms with van der Waals surface area (Å²) in [4.78, 5) is 17.5. The summed E-state index contributed by atoms with van der Waals surface area (Å²) >= 11 is 1.71. The standard InChI is InChI=1S/C22H28N2OS/c1-16-7-8-20-18(13-16)14-21(26-20)22(25)23-19-9-11-24(12-10-19)15-17-5-3-2-4-6-17/h2-6,14,16,19H,7-13,15H2,1H3,(H,23,25)/t16-/m1/s1. The van der Waals surface area contributed by atoms with Gasteiger partial charge in [0.2, 0.25) is 0 Å². The summed E-state index contributed by atoms with van der Waals surface area (Å²) in [7, 11) is 0. The average molecular weight is 369 g/mol. The first kappa shape index (κ1) is 17.7. The number of hydrogen-bond acceptors (Lipinski definition) is 3. The van der Waals surface area contributed by atoms with Crippen molar-refractivity contribution in [3.63, 3.8) is 0 Å². The largest absolute Gasteiger partial charge is 0.349 e. The van der Waals surface area contributed by atoms with Gasteiger partial charge in [-0.05, 0) is 55.2 Å². The van der Waals surface area contributed by atoms with Crippen molar-refractivity contribution in [2.45, 2.75) is 51.6 Å². The molecule has 1 atom stereocenters. The number of carbonyl (C=O) groups excluding carboxylic acids is 1. The van der Waals surface area contributed by atoms with Gasteiger partial charge in [-0.1, -0.05) is 37.3 Å². The van der Waals surface area contributed by atoms with E-state index in [1.807, 2.05) is 0 Å². The highest BCUT2D eigenvalue weighted by Crippen LogP contribution is 2.32. The summed E-state index contributed by atoms with van der Waals surface area (Å²) in [6.07, 6.45) is 5.62. The smallest absolute Gasteiger partial charge is 0.261 e. The fraction of sp³-hybridized carbons (Fsp3) is 0.500. The minimum Gasteiger partial charge on any atom is -0.349 e. The van der Waals surface area contributed by atoms with Gasteiger partial charge in [-0.25, -0.2) is 0 Å². The van der Waals surface area contributed by atoms with Gasteiger partial charge in [0.25, 0.3) is 5.91 Å². The molecule has 1 aliphatic carbocycles. The Kier molecular flexibility index (Phi) is 5.41. The lowest BCUT2D eigenvalue weighted by Crippen LogP contribution is -2.44. The molecule has 2 aromatic rings. The van der Waals surface area contributed by atoms with Crippen LogP contribution in [-0.2, 0) is 19.4 Å². The second-order valence-corrected chi connectivity index (χ2v) is 9.05. The lowest BCUT2D eigenvalue weighted by atomic mass is 9.90. The number of carbonyl (C=O) groups is 1. The van der Waals surface area contributed by atoms with Gasteiger partial charge in [0.1, 0.15) is 0 Å². The van der Waals surface area contributed by atoms with Gasteiger partial charge < -0.3 is 5.32 Å². The van der Waals surface area contributed by atoms with Crippen molar-refractivity contribution < 1.29 is 4.79 Å². The topological polar surface area (TPSA) is 32.3 Å². The van der Waals surface area contributed by atoms with Crippen LogP contribution >= 0.6 is 11.3 Å².